The molecule has 1 unspecified atom stereocenters. The molecule has 0 bridgehead atoms. The number of imidazole rings is 1. The van der Waals surface area contributed by atoms with E-state index < -0.39 is 17.6 Å². The van der Waals surface area contributed by atoms with Crippen LogP contribution in [0.15, 0.2) is 23.0 Å². The smallest absolute Gasteiger partial charge is 0.410 e. The Labute approximate surface area is 228 Å². The number of hydrogen-bond donors (Lipinski definition) is 1. The fourth-order valence-corrected chi connectivity index (χ4v) is 6.16. The summed E-state index contributed by atoms with van der Waals surface area (Å²) >= 11 is 0. The van der Waals surface area contributed by atoms with Gasteiger partial charge in [0.25, 0.3) is 0 Å². The molecule has 11 nitrogen and oxygen atoms in total. The van der Waals surface area contributed by atoms with E-state index in [0.717, 1.165) is 62.2 Å². The van der Waals surface area contributed by atoms with Crippen LogP contribution >= 0.6 is 0 Å². The molecule has 3 aliphatic heterocycles. The number of carbonyl (C=O) groups is 3. The second-order valence-corrected chi connectivity index (χ2v) is 12.0. The Morgan fingerprint density at radius 1 is 1.00 bits per heavy atom. The lowest BCUT2D eigenvalue weighted by Crippen LogP contribution is -2.54. The van der Waals surface area contributed by atoms with Crippen LogP contribution in [-0.4, -0.2) is 92.7 Å². The Bertz CT molecular complexity index is 1310. The number of imide groups is 1. The van der Waals surface area contributed by atoms with Crippen molar-refractivity contribution in [2.24, 2.45) is 7.05 Å². The highest BCUT2D eigenvalue weighted by Crippen LogP contribution is 2.27. The first kappa shape index (κ1) is 27.4. The highest BCUT2D eigenvalue weighted by atomic mass is 16.6. The number of aromatic nitrogens is 2. The molecule has 212 valence electrons. The molecule has 0 aliphatic carbocycles. The zero-order valence-corrected chi connectivity index (χ0v) is 23.4. The molecule has 1 aromatic heterocycles. The fourth-order valence-electron chi connectivity index (χ4n) is 6.16. The van der Waals surface area contributed by atoms with Gasteiger partial charge in [0.05, 0.1) is 11.0 Å². The summed E-state index contributed by atoms with van der Waals surface area (Å²) in [5.41, 5.74) is 1.91. The van der Waals surface area contributed by atoms with Gasteiger partial charge in [0.15, 0.2) is 0 Å². The van der Waals surface area contributed by atoms with Crippen molar-refractivity contribution in [2.45, 2.75) is 70.7 Å². The van der Waals surface area contributed by atoms with Gasteiger partial charge in [-0.15, -0.1) is 0 Å². The molecular formula is C28H40N6O5. The van der Waals surface area contributed by atoms with Crippen LogP contribution < -0.4 is 11.0 Å². The van der Waals surface area contributed by atoms with Crippen molar-refractivity contribution in [3.05, 3.63) is 34.2 Å². The Morgan fingerprint density at radius 2 is 1.69 bits per heavy atom. The van der Waals surface area contributed by atoms with Gasteiger partial charge >= 0.3 is 11.8 Å². The lowest BCUT2D eigenvalue weighted by molar-refractivity contribution is -0.135. The SMILES string of the molecule is Cn1c(=O)n(C2CCC(=O)NC2=O)c2cccc(CN3CCC(N4CCN(C(=O)OC(C)(C)C)CC4)CC3)c21. The Balaban J connectivity index is 1.21. The third-order valence-electron chi connectivity index (χ3n) is 8.14. The van der Waals surface area contributed by atoms with Gasteiger partial charge in [-0.3, -0.25) is 33.8 Å². The molecule has 0 saturated carbocycles. The number of amides is 3. The van der Waals surface area contributed by atoms with Crippen LogP contribution in [0.1, 0.15) is 58.1 Å². The number of fused-ring (bicyclic) bond motifs is 1. The quantitative estimate of drug-likeness (QED) is 0.590. The summed E-state index contributed by atoms with van der Waals surface area (Å²) in [6.07, 6.45) is 2.43. The van der Waals surface area contributed by atoms with E-state index in [4.69, 9.17) is 4.74 Å². The largest absolute Gasteiger partial charge is 0.444 e. The number of piperazine rings is 1. The topological polar surface area (TPSA) is 109 Å². The summed E-state index contributed by atoms with van der Waals surface area (Å²) in [6.45, 7) is 11.4. The van der Waals surface area contributed by atoms with E-state index in [9.17, 15) is 19.2 Å². The van der Waals surface area contributed by atoms with Gasteiger partial charge in [0, 0.05) is 52.2 Å². The minimum absolute atomic E-state index is 0.226. The van der Waals surface area contributed by atoms with Crippen molar-refractivity contribution in [1.29, 1.82) is 0 Å². The molecule has 3 fully saturated rings. The van der Waals surface area contributed by atoms with Crippen LogP contribution in [0.2, 0.25) is 0 Å². The number of nitrogens with one attached hydrogen (secondary N) is 1. The minimum atomic E-state index is -0.680. The summed E-state index contributed by atoms with van der Waals surface area (Å²) in [6, 6.07) is 5.69. The molecule has 0 radical (unpaired) electrons. The van der Waals surface area contributed by atoms with Crippen LogP contribution in [0.3, 0.4) is 0 Å². The number of carbonyl (C=O) groups excluding carboxylic acids is 3. The third-order valence-corrected chi connectivity index (χ3v) is 8.14. The van der Waals surface area contributed by atoms with E-state index in [1.54, 1.807) is 16.2 Å². The summed E-state index contributed by atoms with van der Waals surface area (Å²) in [5.74, 6) is -0.709. The zero-order valence-electron chi connectivity index (χ0n) is 23.4. The first-order valence-corrected chi connectivity index (χ1v) is 14.0. The molecule has 11 heteroatoms. The van der Waals surface area contributed by atoms with E-state index in [1.807, 2.05) is 37.8 Å². The maximum Gasteiger partial charge on any atom is 0.410 e. The van der Waals surface area contributed by atoms with Gasteiger partial charge in [-0.1, -0.05) is 12.1 Å². The second kappa shape index (κ2) is 10.8. The van der Waals surface area contributed by atoms with Gasteiger partial charge in [-0.2, -0.15) is 0 Å². The van der Waals surface area contributed by atoms with Crippen LogP contribution in [0.4, 0.5) is 4.79 Å². The first-order chi connectivity index (χ1) is 18.5. The number of nitrogens with zero attached hydrogens (tertiary/aromatic N) is 5. The summed E-state index contributed by atoms with van der Waals surface area (Å²) in [7, 11) is 1.75. The number of aryl methyl sites for hydroxylation is 1. The molecule has 3 amide bonds. The molecule has 5 rings (SSSR count). The highest BCUT2D eigenvalue weighted by Gasteiger charge is 2.33. The number of rotatable bonds is 4. The Kier molecular flexibility index (Phi) is 7.56. The maximum atomic E-state index is 13.2. The predicted molar refractivity (Wildman–Crippen MR) is 146 cm³/mol. The zero-order chi connectivity index (χ0) is 27.9. The number of ether oxygens (including phenoxy) is 1. The van der Waals surface area contributed by atoms with Gasteiger partial charge in [-0.25, -0.2) is 9.59 Å². The van der Waals surface area contributed by atoms with Crippen LogP contribution in [0.25, 0.3) is 11.0 Å². The van der Waals surface area contributed by atoms with E-state index in [2.05, 4.69) is 21.2 Å². The van der Waals surface area contributed by atoms with Gasteiger partial charge < -0.3 is 9.64 Å². The molecule has 3 aliphatic rings. The number of benzene rings is 1. The van der Waals surface area contributed by atoms with Crippen molar-refractivity contribution in [1.82, 2.24) is 29.2 Å². The lowest BCUT2D eigenvalue weighted by atomic mass is 10.0. The first-order valence-electron chi connectivity index (χ1n) is 14.0. The van der Waals surface area contributed by atoms with Crippen molar-refractivity contribution < 1.29 is 19.1 Å². The number of hydrogen-bond acceptors (Lipinski definition) is 7. The van der Waals surface area contributed by atoms with Crippen LogP contribution in [0.5, 0.6) is 0 Å². The predicted octanol–water partition coefficient (Wildman–Crippen LogP) is 1.83. The van der Waals surface area contributed by atoms with Crippen molar-refractivity contribution in [2.75, 3.05) is 39.3 Å². The Morgan fingerprint density at radius 3 is 2.33 bits per heavy atom. The molecule has 0 spiro atoms. The monoisotopic (exact) mass is 540 g/mol. The fraction of sp³-hybridized carbons (Fsp3) is 0.643. The number of para-hydroxylation sites is 1. The molecule has 1 atom stereocenters. The average Bonchev–Trinajstić information content (AvgIpc) is 3.14. The normalized spacial score (nSPS) is 22.4. The molecule has 4 heterocycles. The third kappa shape index (κ3) is 5.74. The standard InChI is InChI=1S/C28H40N6O5/c1-28(2,3)39-27(38)33-16-14-32(15-17-33)20-10-12-31(13-11-20)18-19-6-5-7-21-24(19)30(4)26(37)34(21)22-8-9-23(35)29-25(22)36/h5-7,20,22H,8-18H2,1-4H3,(H,29,35,36). The average molecular weight is 541 g/mol. The van der Waals surface area contributed by atoms with Gasteiger partial charge in [-0.05, 0) is 64.8 Å². The van der Waals surface area contributed by atoms with Gasteiger partial charge in [0.1, 0.15) is 11.6 Å². The van der Waals surface area contributed by atoms with Gasteiger partial charge in [0.2, 0.25) is 11.8 Å². The van der Waals surface area contributed by atoms with Crippen molar-refractivity contribution in [3.63, 3.8) is 0 Å². The summed E-state index contributed by atoms with van der Waals surface area (Å²) in [5, 5.41) is 2.37. The maximum absolute atomic E-state index is 13.2. The van der Waals surface area contributed by atoms with E-state index in [1.165, 1.54) is 0 Å². The molecule has 39 heavy (non-hydrogen) atoms. The molecule has 1 N–H and O–H groups in total. The molecule has 1 aromatic carbocycles. The number of piperidine rings is 2. The van der Waals surface area contributed by atoms with Crippen molar-refractivity contribution in [3.8, 4) is 0 Å². The second-order valence-electron chi connectivity index (χ2n) is 12.0. The van der Waals surface area contributed by atoms with Crippen molar-refractivity contribution >= 4 is 28.9 Å². The molecular weight excluding hydrogens is 500 g/mol. The highest BCUT2D eigenvalue weighted by molar-refractivity contribution is 6.00. The van der Waals surface area contributed by atoms with Crippen LogP contribution in [-0.2, 0) is 27.9 Å². The number of likely N-dealkylation sites (tertiary alicyclic amines) is 1. The summed E-state index contributed by atoms with van der Waals surface area (Å²) < 4.78 is 8.70. The molecule has 2 aromatic rings. The minimum Gasteiger partial charge on any atom is -0.444 e. The van der Waals surface area contributed by atoms with E-state index >= 15 is 0 Å². The van der Waals surface area contributed by atoms with Crippen LogP contribution in [0, 0.1) is 0 Å². The summed E-state index contributed by atoms with van der Waals surface area (Å²) in [4.78, 5) is 56.5. The molecule has 3 saturated heterocycles. The van der Waals surface area contributed by atoms with E-state index in [0.29, 0.717) is 25.6 Å². The Hall–Kier alpha value is -3.18. The van der Waals surface area contributed by atoms with E-state index in [-0.39, 0.29) is 24.1 Å². The lowest BCUT2D eigenvalue weighted by Gasteiger charge is -2.42.